The van der Waals surface area contributed by atoms with Crippen molar-refractivity contribution in [3.05, 3.63) is 53.6 Å². The summed E-state index contributed by atoms with van der Waals surface area (Å²) in [6.45, 7) is 8.75. The molecule has 0 amide bonds. The molecule has 0 N–H and O–H groups in total. The van der Waals surface area contributed by atoms with Gasteiger partial charge in [-0.15, -0.1) is 0 Å². The Morgan fingerprint density at radius 1 is 0.708 bits per heavy atom. The third-order valence-corrected chi connectivity index (χ3v) is 3.33. The Hall–Kier alpha value is -2.20. The van der Waals surface area contributed by atoms with Gasteiger partial charge in [-0.05, 0) is 56.2 Å². The van der Waals surface area contributed by atoms with Gasteiger partial charge in [-0.1, -0.05) is 18.2 Å². The zero-order valence-electron chi connectivity index (χ0n) is 14.7. The predicted molar refractivity (Wildman–Crippen MR) is 95.3 cm³/mol. The molecule has 0 aliphatic heterocycles. The fourth-order valence-electron chi connectivity index (χ4n) is 2.39. The van der Waals surface area contributed by atoms with Crippen LogP contribution in [0.25, 0.3) is 0 Å². The normalized spacial score (nSPS) is 10.5. The van der Waals surface area contributed by atoms with Crippen LogP contribution in [0.4, 0.5) is 0 Å². The van der Waals surface area contributed by atoms with E-state index < -0.39 is 0 Å². The first-order chi connectivity index (χ1) is 11.7. The van der Waals surface area contributed by atoms with Gasteiger partial charge in [-0.2, -0.15) is 0 Å². The van der Waals surface area contributed by atoms with Gasteiger partial charge in [0.25, 0.3) is 0 Å². The zero-order valence-corrected chi connectivity index (χ0v) is 14.7. The van der Waals surface area contributed by atoms with Crippen LogP contribution in [-0.2, 0) is 4.74 Å². The van der Waals surface area contributed by atoms with E-state index in [4.69, 9.17) is 18.9 Å². The minimum atomic E-state index is 0.480. The third kappa shape index (κ3) is 6.13. The standard InChI is InChI=1S/C20H26O4/c1-4-22-19-7-5-6-8-20(19)24-12-10-21-9-11-23-18-14-16(2)13-17(3)15-18/h5-8,13-15H,4,9-12H2,1-3H3. The van der Waals surface area contributed by atoms with Crippen LogP contribution >= 0.6 is 0 Å². The van der Waals surface area contributed by atoms with E-state index in [0.717, 1.165) is 17.2 Å². The van der Waals surface area contributed by atoms with E-state index in [1.807, 2.05) is 43.3 Å². The first kappa shape index (κ1) is 18.1. The van der Waals surface area contributed by atoms with Crippen LogP contribution in [0.2, 0.25) is 0 Å². The Bertz CT molecular complexity index is 605. The minimum Gasteiger partial charge on any atom is -0.491 e. The molecule has 0 spiro atoms. The van der Waals surface area contributed by atoms with E-state index in [0.29, 0.717) is 33.0 Å². The van der Waals surface area contributed by atoms with Crippen LogP contribution < -0.4 is 14.2 Å². The van der Waals surface area contributed by atoms with Gasteiger partial charge in [-0.25, -0.2) is 0 Å². The Morgan fingerprint density at radius 2 is 1.29 bits per heavy atom. The predicted octanol–water partition coefficient (Wildman–Crippen LogP) is 4.18. The summed E-state index contributed by atoms with van der Waals surface area (Å²) >= 11 is 0. The quantitative estimate of drug-likeness (QED) is 0.613. The number of para-hydroxylation sites is 2. The van der Waals surface area contributed by atoms with E-state index >= 15 is 0 Å². The number of hydrogen-bond donors (Lipinski definition) is 0. The molecule has 0 bridgehead atoms. The van der Waals surface area contributed by atoms with Crippen LogP contribution in [-0.4, -0.2) is 33.0 Å². The second kappa shape index (κ2) is 9.83. The van der Waals surface area contributed by atoms with Crippen molar-refractivity contribution >= 4 is 0 Å². The monoisotopic (exact) mass is 330 g/mol. The van der Waals surface area contributed by atoms with Crippen molar-refractivity contribution in [3.63, 3.8) is 0 Å². The van der Waals surface area contributed by atoms with Gasteiger partial charge in [0.15, 0.2) is 11.5 Å². The molecule has 130 valence electrons. The van der Waals surface area contributed by atoms with Gasteiger partial charge in [-0.3, -0.25) is 0 Å². The first-order valence-electron chi connectivity index (χ1n) is 8.32. The average Bonchev–Trinajstić information content (AvgIpc) is 2.55. The molecule has 2 aromatic rings. The first-order valence-corrected chi connectivity index (χ1v) is 8.32. The lowest BCUT2D eigenvalue weighted by molar-refractivity contribution is 0.0755. The summed E-state index contributed by atoms with van der Waals surface area (Å²) in [6.07, 6.45) is 0. The molecule has 4 heteroatoms. The summed E-state index contributed by atoms with van der Waals surface area (Å²) in [5.74, 6) is 2.39. The summed E-state index contributed by atoms with van der Waals surface area (Å²) in [4.78, 5) is 0. The van der Waals surface area contributed by atoms with E-state index in [9.17, 15) is 0 Å². The molecular weight excluding hydrogens is 304 g/mol. The molecule has 2 aromatic carbocycles. The molecule has 0 saturated heterocycles. The van der Waals surface area contributed by atoms with Crippen molar-refractivity contribution in [1.82, 2.24) is 0 Å². The molecular formula is C20H26O4. The molecule has 0 atom stereocenters. The molecule has 2 rings (SSSR count). The van der Waals surface area contributed by atoms with Crippen LogP contribution in [0.3, 0.4) is 0 Å². The Morgan fingerprint density at radius 3 is 1.92 bits per heavy atom. The molecule has 4 nitrogen and oxygen atoms in total. The molecule has 0 aliphatic carbocycles. The Labute approximate surface area is 144 Å². The summed E-state index contributed by atoms with van der Waals surface area (Å²) in [7, 11) is 0. The number of rotatable bonds is 10. The highest BCUT2D eigenvalue weighted by molar-refractivity contribution is 5.39. The summed E-state index contributed by atoms with van der Waals surface area (Å²) in [6, 6.07) is 13.8. The number of hydrogen-bond acceptors (Lipinski definition) is 4. The van der Waals surface area contributed by atoms with E-state index in [1.165, 1.54) is 11.1 Å². The maximum Gasteiger partial charge on any atom is 0.161 e. The van der Waals surface area contributed by atoms with Crippen LogP contribution in [0.15, 0.2) is 42.5 Å². The Balaban J connectivity index is 1.62. The maximum absolute atomic E-state index is 5.70. The minimum absolute atomic E-state index is 0.480. The number of ether oxygens (including phenoxy) is 4. The zero-order chi connectivity index (χ0) is 17.2. The van der Waals surface area contributed by atoms with Crippen LogP contribution in [0.5, 0.6) is 17.2 Å². The Kier molecular flexibility index (Phi) is 7.43. The second-order valence-corrected chi connectivity index (χ2v) is 5.51. The van der Waals surface area contributed by atoms with Gasteiger partial charge in [0, 0.05) is 0 Å². The molecule has 0 heterocycles. The highest BCUT2D eigenvalue weighted by atomic mass is 16.6. The molecule has 0 aliphatic rings. The van der Waals surface area contributed by atoms with Crippen LogP contribution in [0.1, 0.15) is 18.1 Å². The topological polar surface area (TPSA) is 36.9 Å². The highest BCUT2D eigenvalue weighted by Gasteiger charge is 2.03. The summed E-state index contributed by atoms with van der Waals surface area (Å²) < 4.78 is 22.5. The molecule has 0 fully saturated rings. The molecule has 0 radical (unpaired) electrons. The van der Waals surface area contributed by atoms with Crippen LogP contribution in [0, 0.1) is 13.8 Å². The highest BCUT2D eigenvalue weighted by Crippen LogP contribution is 2.26. The smallest absolute Gasteiger partial charge is 0.161 e. The SMILES string of the molecule is CCOc1ccccc1OCCOCCOc1cc(C)cc(C)c1. The molecule has 0 unspecified atom stereocenters. The lowest BCUT2D eigenvalue weighted by Crippen LogP contribution is -2.12. The van der Waals surface area contributed by atoms with Gasteiger partial charge < -0.3 is 18.9 Å². The van der Waals surface area contributed by atoms with Gasteiger partial charge >= 0.3 is 0 Å². The largest absolute Gasteiger partial charge is 0.491 e. The van der Waals surface area contributed by atoms with E-state index in [-0.39, 0.29) is 0 Å². The van der Waals surface area contributed by atoms with Gasteiger partial charge in [0.1, 0.15) is 19.0 Å². The molecule has 0 aromatic heterocycles. The van der Waals surface area contributed by atoms with Gasteiger partial charge in [0.2, 0.25) is 0 Å². The average molecular weight is 330 g/mol. The number of aryl methyl sites for hydroxylation is 2. The van der Waals surface area contributed by atoms with E-state index in [1.54, 1.807) is 0 Å². The van der Waals surface area contributed by atoms with Crippen molar-refractivity contribution in [2.24, 2.45) is 0 Å². The lowest BCUT2D eigenvalue weighted by Gasteiger charge is -2.12. The fraction of sp³-hybridized carbons (Fsp3) is 0.400. The van der Waals surface area contributed by atoms with Crippen molar-refractivity contribution in [3.8, 4) is 17.2 Å². The maximum atomic E-state index is 5.70. The number of benzene rings is 2. The third-order valence-electron chi connectivity index (χ3n) is 3.33. The van der Waals surface area contributed by atoms with Gasteiger partial charge in [0.05, 0.1) is 19.8 Å². The second-order valence-electron chi connectivity index (χ2n) is 5.51. The summed E-state index contributed by atoms with van der Waals surface area (Å²) in [5.41, 5.74) is 2.40. The molecule has 24 heavy (non-hydrogen) atoms. The fourth-order valence-corrected chi connectivity index (χ4v) is 2.39. The summed E-state index contributed by atoms with van der Waals surface area (Å²) in [5, 5.41) is 0. The van der Waals surface area contributed by atoms with Crippen molar-refractivity contribution in [2.75, 3.05) is 33.0 Å². The van der Waals surface area contributed by atoms with Crippen molar-refractivity contribution in [1.29, 1.82) is 0 Å². The lowest BCUT2D eigenvalue weighted by atomic mass is 10.1. The van der Waals surface area contributed by atoms with Crippen molar-refractivity contribution in [2.45, 2.75) is 20.8 Å². The van der Waals surface area contributed by atoms with Crippen molar-refractivity contribution < 1.29 is 18.9 Å². The molecule has 0 saturated carbocycles. The van der Waals surface area contributed by atoms with E-state index in [2.05, 4.69) is 19.9 Å².